The van der Waals surface area contributed by atoms with E-state index >= 15 is 0 Å². The molecular formula is C8H11BrN2. The van der Waals surface area contributed by atoms with Crippen LogP contribution in [0.5, 0.6) is 0 Å². The normalized spacial score (nSPS) is 23.3. The first kappa shape index (κ1) is 7.37. The molecule has 0 spiro atoms. The van der Waals surface area contributed by atoms with Crippen molar-refractivity contribution in [2.75, 3.05) is 6.54 Å². The van der Waals surface area contributed by atoms with E-state index in [0.717, 1.165) is 13.1 Å². The van der Waals surface area contributed by atoms with Crippen LogP contribution >= 0.6 is 15.9 Å². The third-order valence-corrected chi connectivity index (χ3v) is 2.79. The van der Waals surface area contributed by atoms with Gasteiger partial charge in [0.05, 0.1) is 4.60 Å². The van der Waals surface area contributed by atoms with Crippen molar-refractivity contribution in [2.24, 2.45) is 0 Å². The molecule has 0 amide bonds. The van der Waals surface area contributed by atoms with Gasteiger partial charge in [-0.05, 0) is 35.0 Å². The van der Waals surface area contributed by atoms with E-state index in [1.807, 2.05) is 0 Å². The predicted octanol–water partition coefficient (Wildman–Crippen LogP) is 1.91. The minimum Gasteiger partial charge on any atom is -0.334 e. The Hall–Kier alpha value is -0.280. The summed E-state index contributed by atoms with van der Waals surface area (Å²) >= 11 is 3.53. The highest BCUT2D eigenvalue weighted by Gasteiger charge is 2.16. The number of hydrogen-bond donors (Lipinski definition) is 1. The van der Waals surface area contributed by atoms with Gasteiger partial charge in [-0.1, -0.05) is 0 Å². The maximum absolute atomic E-state index is 3.53. The van der Waals surface area contributed by atoms with E-state index in [0.29, 0.717) is 6.04 Å². The summed E-state index contributed by atoms with van der Waals surface area (Å²) in [7, 11) is 0. The van der Waals surface area contributed by atoms with E-state index in [-0.39, 0.29) is 0 Å². The quantitative estimate of drug-likeness (QED) is 0.699. The third kappa shape index (κ3) is 1.12. The van der Waals surface area contributed by atoms with Crippen LogP contribution in [-0.2, 0) is 6.54 Å². The molecule has 0 aliphatic carbocycles. The summed E-state index contributed by atoms with van der Waals surface area (Å²) in [5, 5.41) is 3.36. The lowest BCUT2D eigenvalue weighted by Crippen LogP contribution is -2.31. The zero-order chi connectivity index (χ0) is 7.84. The first-order valence-corrected chi connectivity index (χ1v) is 4.64. The van der Waals surface area contributed by atoms with Gasteiger partial charge in [0, 0.05) is 24.8 Å². The van der Waals surface area contributed by atoms with Crippen LogP contribution in [0.25, 0.3) is 0 Å². The summed E-state index contributed by atoms with van der Waals surface area (Å²) < 4.78 is 3.53. The maximum atomic E-state index is 3.53. The molecule has 3 heteroatoms. The van der Waals surface area contributed by atoms with Gasteiger partial charge in [0.2, 0.25) is 0 Å². The number of rotatable bonds is 0. The summed E-state index contributed by atoms with van der Waals surface area (Å²) in [4.78, 5) is 0. The van der Waals surface area contributed by atoms with Crippen LogP contribution in [-0.4, -0.2) is 11.1 Å². The van der Waals surface area contributed by atoms with Gasteiger partial charge < -0.3 is 9.88 Å². The Bertz CT molecular complexity index is 267. The second kappa shape index (κ2) is 2.64. The molecular weight excluding hydrogens is 204 g/mol. The average molecular weight is 215 g/mol. The minimum atomic E-state index is 0.572. The summed E-state index contributed by atoms with van der Waals surface area (Å²) in [5.74, 6) is 0. The van der Waals surface area contributed by atoms with Gasteiger partial charge in [-0.3, -0.25) is 0 Å². The van der Waals surface area contributed by atoms with E-state index in [2.05, 4.69) is 44.9 Å². The molecule has 1 aliphatic heterocycles. The fraction of sp³-hybridized carbons (Fsp3) is 0.500. The molecule has 1 N–H and O–H groups in total. The Labute approximate surface area is 74.7 Å². The van der Waals surface area contributed by atoms with E-state index in [1.165, 1.54) is 10.3 Å². The number of hydrogen-bond acceptors (Lipinski definition) is 1. The molecule has 0 saturated carbocycles. The average Bonchev–Trinajstić information content (AvgIpc) is 2.34. The number of fused-ring (bicyclic) bond motifs is 1. The molecule has 1 unspecified atom stereocenters. The van der Waals surface area contributed by atoms with Crippen molar-refractivity contribution in [2.45, 2.75) is 19.5 Å². The topological polar surface area (TPSA) is 17.0 Å². The highest BCUT2D eigenvalue weighted by atomic mass is 79.9. The van der Waals surface area contributed by atoms with Crippen LogP contribution in [0.15, 0.2) is 16.7 Å². The number of aromatic nitrogens is 1. The zero-order valence-electron chi connectivity index (χ0n) is 6.47. The van der Waals surface area contributed by atoms with Crippen LogP contribution in [0.1, 0.15) is 18.7 Å². The van der Waals surface area contributed by atoms with Crippen molar-refractivity contribution < 1.29 is 0 Å². The summed E-state index contributed by atoms with van der Waals surface area (Å²) in [5.41, 5.74) is 1.37. The standard InChI is InChI=1S/C8H11BrN2/c1-6-4-10-5-7-2-3-8(9)11(6)7/h2-3,6,10H,4-5H2,1H3. The van der Waals surface area contributed by atoms with E-state index in [1.54, 1.807) is 0 Å². The number of nitrogens with zero attached hydrogens (tertiary/aromatic N) is 1. The monoisotopic (exact) mass is 214 g/mol. The van der Waals surface area contributed by atoms with Crippen LogP contribution in [0, 0.1) is 0 Å². The van der Waals surface area contributed by atoms with Gasteiger partial charge in [-0.2, -0.15) is 0 Å². The Morgan fingerprint density at radius 1 is 1.64 bits per heavy atom. The molecule has 1 aromatic rings. The SMILES string of the molecule is CC1CNCc2ccc(Br)n21. The summed E-state index contributed by atoms with van der Waals surface area (Å²) in [6, 6.07) is 4.84. The first-order valence-electron chi connectivity index (χ1n) is 3.85. The van der Waals surface area contributed by atoms with Gasteiger partial charge in [0.1, 0.15) is 0 Å². The molecule has 2 rings (SSSR count). The Morgan fingerprint density at radius 3 is 3.18 bits per heavy atom. The van der Waals surface area contributed by atoms with Crippen LogP contribution in [0.3, 0.4) is 0 Å². The van der Waals surface area contributed by atoms with Gasteiger partial charge in [0.25, 0.3) is 0 Å². The largest absolute Gasteiger partial charge is 0.334 e. The molecule has 11 heavy (non-hydrogen) atoms. The molecule has 0 aromatic carbocycles. The Morgan fingerprint density at radius 2 is 2.45 bits per heavy atom. The summed E-state index contributed by atoms with van der Waals surface area (Å²) in [6.07, 6.45) is 0. The van der Waals surface area contributed by atoms with Crippen molar-refractivity contribution in [3.05, 3.63) is 22.4 Å². The minimum absolute atomic E-state index is 0.572. The van der Waals surface area contributed by atoms with Crippen LogP contribution in [0.2, 0.25) is 0 Å². The first-order chi connectivity index (χ1) is 5.29. The van der Waals surface area contributed by atoms with E-state index in [9.17, 15) is 0 Å². The molecule has 1 aromatic heterocycles. The van der Waals surface area contributed by atoms with Crippen molar-refractivity contribution >= 4 is 15.9 Å². The maximum Gasteiger partial charge on any atom is 0.0851 e. The second-order valence-electron chi connectivity index (χ2n) is 3.00. The summed E-state index contributed by atoms with van der Waals surface area (Å²) in [6.45, 7) is 4.29. The molecule has 2 heterocycles. The second-order valence-corrected chi connectivity index (χ2v) is 3.81. The molecule has 0 radical (unpaired) electrons. The highest BCUT2D eigenvalue weighted by Crippen LogP contribution is 2.23. The van der Waals surface area contributed by atoms with Crippen molar-refractivity contribution in [3.8, 4) is 0 Å². The fourth-order valence-electron chi connectivity index (χ4n) is 1.60. The van der Waals surface area contributed by atoms with E-state index in [4.69, 9.17) is 0 Å². The van der Waals surface area contributed by atoms with E-state index < -0.39 is 0 Å². The van der Waals surface area contributed by atoms with Crippen molar-refractivity contribution in [1.82, 2.24) is 9.88 Å². The molecule has 1 aliphatic rings. The highest BCUT2D eigenvalue weighted by molar-refractivity contribution is 9.10. The lowest BCUT2D eigenvalue weighted by atomic mass is 10.2. The number of nitrogens with one attached hydrogen (secondary N) is 1. The molecule has 0 saturated heterocycles. The van der Waals surface area contributed by atoms with Gasteiger partial charge in [-0.25, -0.2) is 0 Å². The molecule has 2 nitrogen and oxygen atoms in total. The van der Waals surface area contributed by atoms with Crippen molar-refractivity contribution in [1.29, 1.82) is 0 Å². The van der Waals surface area contributed by atoms with Crippen LogP contribution < -0.4 is 5.32 Å². The van der Waals surface area contributed by atoms with Gasteiger partial charge in [0.15, 0.2) is 0 Å². The zero-order valence-corrected chi connectivity index (χ0v) is 8.06. The van der Waals surface area contributed by atoms with Crippen LogP contribution in [0.4, 0.5) is 0 Å². The Balaban J connectivity index is 2.48. The lowest BCUT2D eigenvalue weighted by molar-refractivity contribution is 0.424. The van der Waals surface area contributed by atoms with Gasteiger partial charge >= 0.3 is 0 Å². The smallest absolute Gasteiger partial charge is 0.0851 e. The predicted molar refractivity (Wildman–Crippen MR) is 48.5 cm³/mol. The molecule has 0 fully saturated rings. The number of halogens is 1. The van der Waals surface area contributed by atoms with Gasteiger partial charge in [-0.15, -0.1) is 0 Å². The molecule has 60 valence electrons. The fourth-order valence-corrected chi connectivity index (χ4v) is 2.31. The lowest BCUT2D eigenvalue weighted by Gasteiger charge is -2.24. The third-order valence-electron chi connectivity index (χ3n) is 2.14. The van der Waals surface area contributed by atoms with Crippen molar-refractivity contribution in [3.63, 3.8) is 0 Å². The molecule has 1 atom stereocenters. The molecule has 0 bridgehead atoms. The Kier molecular flexibility index (Phi) is 1.77.